The summed E-state index contributed by atoms with van der Waals surface area (Å²) in [7, 11) is 0. The van der Waals surface area contributed by atoms with Crippen molar-refractivity contribution in [1.29, 1.82) is 0 Å². The van der Waals surface area contributed by atoms with Crippen LogP contribution in [0.25, 0.3) is 5.57 Å². The number of hydrogen-bond acceptors (Lipinski definition) is 6. The molecule has 2 amide bonds. The number of hydrogen-bond donors (Lipinski definition) is 1. The minimum absolute atomic E-state index is 0. The number of amides is 2. The Morgan fingerprint density at radius 1 is 0.943 bits per heavy atom. The average Bonchev–Trinajstić information content (AvgIpc) is 3.94. The second-order valence-corrected chi connectivity index (χ2v) is 16.8. The number of benzene rings is 3. The van der Waals surface area contributed by atoms with E-state index in [9.17, 15) is 18.4 Å². The normalized spacial score (nSPS) is 18.6. The van der Waals surface area contributed by atoms with Crippen LogP contribution in [0.5, 0.6) is 11.5 Å². The maximum Gasteiger partial charge on any atom is 0.411 e. The van der Waals surface area contributed by atoms with E-state index in [1.54, 1.807) is 9.80 Å². The van der Waals surface area contributed by atoms with Gasteiger partial charge in [0.25, 0.3) is 5.91 Å². The highest BCUT2D eigenvalue weighted by Crippen LogP contribution is 2.43. The second-order valence-electron chi connectivity index (χ2n) is 13.6. The number of rotatable bonds is 12. The molecule has 0 aromatic heterocycles. The van der Waals surface area contributed by atoms with Gasteiger partial charge in [-0.3, -0.25) is 9.69 Å². The quantitative estimate of drug-likeness (QED) is 0.145. The molecule has 15 heteroatoms. The van der Waals surface area contributed by atoms with Crippen molar-refractivity contribution < 1.29 is 32.6 Å². The first-order valence-electron chi connectivity index (χ1n) is 17.1. The van der Waals surface area contributed by atoms with E-state index in [4.69, 9.17) is 49.0 Å². The molecule has 2 heterocycles. The van der Waals surface area contributed by atoms with Crippen LogP contribution in [0.3, 0.4) is 0 Å². The maximum absolute atomic E-state index is 14.8. The van der Waals surface area contributed by atoms with Crippen LogP contribution in [-0.2, 0) is 16.0 Å². The Labute approximate surface area is 337 Å². The van der Waals surface area contributed by atoms with Crippen LogP contribution in [0, 0.1) is 11.6 Å². The van der Waals surface area contributed by atoms with E-state index in [0.717, 1.165) is 40.3 Å². The summed E-state index contributed by atoms with van der Waals surface area (Å²) in [5.41, 5.74) is 0.737. The standard InChI is InChI=1S/C38H39BrCl3F2N3O5.ClH/c1-37(2,38(40,41)42)52-36(49)47-27-20-30(23-6-12-28(13-7-23)50-18-19-51-29-14-8-25(39)9-15-29)33(32(47)22-45-21-27)35(48)46(26-10-11-26)17-16-24-4-3-5-31(43)34(24)44;/h3-9,12-15,26-27,32,45H,10-11,16-22H2,1-2H3;1H. The van der Waals surface area contributed by atoms with Crippen LogP contribution < -0.4 is 14.8 Å². The molecule has 0 radical (unpaired) electrons. The molecule has 3 aromatic carbocycles. The van der Waals surface area contributed by atoms with Crippen LogP contribution in [0.1, 0.15) is 44.2 Å². The van der Waals surface area contributed by atoms with Crippen molar-refractivity contribution >= 4 is 80.7 Å². The predicted molar refractivity (Wildman–Crippen MR) is 208 cm³/mol. The van der Waals surface area contributed by atoms with Crippen LogP contribution in [0.2, 0.25) is 0 Å². The van der Waals surface area contributed by atoms with E-state index in [2.05, 4.69) is 21.2 Å². The lowest BCUT2D eigenvalue weighted by atomic mass is 9.82. The van der Waals surface area contributed by atoms with Crippen molar-refractivity contribution in [2.75, 3.05) is 32.8 Å². The SMILES string of the molecule is CC(C)(OC(=O)N1C2CNCC1C(C(=O)N(CCc1cccc(F)c1F)C1CC1)=C(c1ccc(OCCOc3ccc(Br)cc3)cc1)C2)C(Cl)(Cl)Cl.Cl. The molecule has 6 rings (SSSR count). The fourth-order valence-electron chi connectivity index (χ4n) is 6.52. The number of fused-ring (bicyclic) bond motifs is 2. The number of nitrogens with zero attached hydrogens (tertiary/aromatic N) is 2. The summed E-state index contributed by atoms with van der Waals surface area (Å²) in [6.07, 6.45) is 1.33. The number of carbonyl (C=O) groups is 2. The number of piperazine rings is 1. The summed E-state index contributed by atoms with van der Waals surface area (Å²) < 4.78 is 45.3. The monoisotopic (exact) mass is 875 g/mol. The summed E-state index contributed by atoms with van der Waals surface area (Å²) in [6.45, 7) is 4.60. The number of nitrogens with one attached hydrogen (secondary N) is 1. The van der Waals surface area contributed by atoms with Gasteiger partial charge in [-0.25, -0.2) is 13.6 Å². The minimum atomic E-state index is -1.91. The summed E-state index contributed by atoms with van der Waals surface area (Å²) in [5.74, 6) is -0.765. The van der Waals surface area contributed by atoms with E-state index in [1.165, 1.54) is 26.0 Å². The van der Waals surface area contributed by atoms with E-state index < -0.39 is 33.2 Å². The number of carbonyl (C=O) groups excluding carboxylic acids is 2. The smallest absolute Gasteiger partial charge is 0.411 e. The van der Waals surface area contributed by atoms with Crippen molar-refractivity contribution in [3.05, 3.63) is 99.5 Å². The van der Waals surface area contributed by atoms with Gasteiger partial charge in [0.05, 0.1) is 12.1 Å². The van der Waals surface area contributed by atoms with Crippen molar-refractivity contribution in [1.82, 2.24) is 15.1 Å². The first-order valence-corrected chi connectivity index (χ1v) is 19.0. The topological polar surface area (TPSA) is 80.3 Å². The van der Waals surface area contributed by atoms with Gasteiger partial charge in [-0.05, 0) is 98.7 Å². The van der Waals surface area contributed by atoms with Crippen LogP contribution in [0.4, 0.5) is 13.6 Å². The van der Waals surface area contributed by atoms with Gasteiger partial charge in [0.15, 0.2) is 17.2 Å². The Hall–Kier alpha value is -2.80. The van der Waals surface area contributed by atoms with E-state index in [0.29, 0.717) is 37.5 Å². The molecule has 1 saturated carbocycles. The highest BCUT2D eigenvalue weighted by atomic mass is 79.9. The molecular weight excluding hydrogens is 838 g/mol. The average molecular weight is 878 g/mol. The van der Waals surface area contributed by atoms with E-state index >= 15 is 0 Å². The molecule has 8 nitrogen and oxygen atoms in total. The van der Waals surface area contributed by atoms with Gasteiger partial charge in [0.1, 0.15) is 24.7 Å². The van der Waals surface area contributed by atoms with Crippen molar-refractivity contribution in [2.45, 2.75) is 67.0 Å². The first kappa shape index (κ1) is 41.4. The number of halogens is 7. The molecule has 2 atom stereocenters. The Morgan fingerprint density at radius 2 is 1.57 bits per heavy atom. The molecule has 2 unspecified atom stereocenters. The van der Waals surface area contributed by atoms with Gasteiger partial charge < -0.3 is 24.4 Å². The zero-order valence-electron chi connectivity index (χ0n) is 29.1. The van der Waals surface area contributed by atoms with Gasteiger partial charge in [-0.1, -0.05) is 75.0 Å². The maximum atomic E-state index is 14.8. The second kappa shape index (κ2) is 17.3. The van der Waals surface area contributed by atoms with Crippen LogP contribution >= 0.6 is 63.1 Å². The Morgan fingerprint density at radius 3 is 2.17 bits per heavy atom. The van der Waals surface area contributed by atoms with Gasteiger partial charge in [0, 0.05) is 35.7 Å². The lowest BCUT2D eigenvalue weighted by Gasteiger charge is -2.48. The van der Waals surface area contributed by atoms with Crippen molar-refractivity contribution in [2.24, 2.45) is 0 Å². The third kappa shape index (κ3) is 9.72. The highest BCUT2D eigenvalue weighted by Gasteiger charge is 2.50. The molecule has 3 aliphatic rings. The summed E-state index contributed by atoms with van der Waals surface area (Å²) in [6, 6.07) is 17.9. The molecule has 2 aliphatic heterocycles. The molecule has 1 aliphatic carbocycles. The predicted octanol–water partition coefficient (Wildman–Crippen LogP) is 8.93. The lowest BCUT2D eigenvalue weighted by Crippen LogP contribution is -2.64. The van der Waals surface area contributed by atoms with E-state index in [1.807, 2.05) is 48.5 Å². The first-order chi connectivity index (χ1) is 24.7. The van der Waals surface area contributed by atoms with Crippen LogP contribution in [0.15, 0.2) is 76.8 Å². The molecule has 3 aromatic rings. The zero-order valence-corrected chi connectivity index (χ0v) is 33.7. The molecular formula is C38H40BrCl4F2N3O5. The minimum Gasteiger partial charge on any atom is -0.490 e. The lowest BCUT2D eigenvalue weighted by molar-refractivity contribution is -0.128. The molecule has 53 heavy (non-hydrogen) atoms. The molecule has 286 valence electrons. The third-order valence-corrected chi connectivity index (χ3v) is 11.4. The molecule has 0 spiro atoms. The molecule has 1 saturated heterocycles. The van der Waals surface area contributed by atoms with Crippen molar-refractivity contribution in [3.8, 4) is 11.5 Å². The molecule has 2 fully saturated rings. The van der Waals surface area contributed by atoms with Gasteiger partial charge >= 0.3 is 6.09 Å². The zero-order chi connectivity index (χ0) is 37.2. The Bertz CT molecular complexity index is 1810. The highest BCUT2D eigenvalue weighted by molar-refractivity contribution is 9.10. The Kier molecular flexibility index (Phi) is 13.5. The summed E-state index contributed by atoms with van der Waals surface area (Å²) in [4.78, 5) is 32.0. The summed E-state index contributed by atoms with van der Waals surface area (Å²) in [5, 5.41) is 3.37. The molecule has 2 bridgehead atoms. The molecule has 1 N–H and O–H groups in total. The summed E-state index contributed by atoms with van der Waals surface area (Å²) >= 11 is 21.9. The number of ether oxygens (including phenoxy) is 3. The number of alkyl halides is 3. The van der Waals surface area contributed by atoms with Gasteiger partial charge in [-0.2, -0.15) is 0 Å². The van der Waals surface area contributed by atoms with Crippen molar-refractivity contribution in [3.63, 3.8) is 0 Å². The van der Waals surface area contributed by atoms with E-state index in [-0.39, 0.29) is 55.5 Å². The van der Waals surface area contributed by atoms with Gasteiger partial charge in [0.2, 0.25) is 3.79 Å². The van der Waals surface area contributed by atoms with Gasteiger partial charge in [-0.15, -0.1) is 12.4 Å². The third-order valence-electron chi connectivity index (χ3n) is 9.55. The largest absolute Gasteiger partial charge is 0.490 e. The fraction of sp³-hybridized carbons (Fsp3) is 0.421. The Balaban J connectivity index is 0.00000541. The fourth-order valence-corrected chi connectivity index (χ4v) is 6.90. The van der Waals surface area contributed by atoms with Crippen LogP contribution in [-0.4, -0.2) is 82.2 Å².